The van der Waals surface area contributed by atoms with Gasteiger partial charge in [-0.25, -0.2) is 9.18 Å². The average molecular weight is 409 g/mol. The molecule has 0 spiro atoms. The fourth-order valence-electron chi connectivity index (χ4n) is 1.48. The van der Waals surface area contributed by atoms with Gasteiger partial charge in [0, 0.05) is 21.3 Å². The molecule has 0 atom stereocenters. The second-order valence-corrected chi connectivity index (χ2v) is 6.38. The highest BCUT2D eigenvalue weighted by molar-refractivity contribution is 9.10. The Morgan fingerprint density at radius 3 is 2.74 bits per heavy atom. The minimum absolute atomic E-state index is 0.0441. The van der Waals surface area contributed by atoms with E-state index in [9.17, 15) is 9.18 Å². The molecule has 0 aliphatic carbocycles. The number of hydrogen-bond acceptors (Lipinski definition) is 3. The first-order valence-electron chi connectivity index (χ1n) is 5.17. The molecule has 0 aliphatic rings. The summed E-state index contributed by atoms with van der Waals surface area (Å²) in [6.07, 6.45) is 0. The Labute approximate surface area is 129 Å². The van der Waals surface area contributed by atoms with Crippen LogP contribution in [0.25, 0.3) is 0 Å². The molecular formula is C12H8Br2FNO2S. The van der Waals surface area contributed by atoms with Crippen LogP contribution in [0.1, 0.15) is 15.2 Å². The second kappa shape index (κ2) is 6.02. The fraction of sp³-hybridized carbons (Fsp3) is 0.0833. The van der Waals surface area contributed by atoms with Gasteiger partial charge < -0.3 is 10.4 Å². The molecule has 2 rings (SSSR count). The predicted octanol–water partition coefficient (Wildman–Crippen LogP) is 4.72. The van der Waals surface area contributed by atoms with E-state index in [0.717, 1.165) is 9.35 Å². The number of benzene rings is 1. The number of carbonyl (C=O) groups is 1. The first-order chi connectivity index (χ1) is 8.99. The molecule has 2 aromatic rings. The number of carboxylic acids is 1. The summed E-state index contributed by atoms with van der Waals surface area (Å²) in [7, 11) is 0. The third-order valence-electron chi connectivity index (χ3n) is 2.39. The van der Waals surface area contributed by atoms with E-state index in [0.29, 0.717) is 6.54 Å². The average Bonchev–Trinajstić information content (AvgIpc) is 2.76. The van der Waals surface area contributed by atoms with Crippen LogP contribution in [0.5, 0.6) is 0 Å². The second-order valence-electron chi connectivity index (χ2n) is 3.68. The van der Waals surface area contributed by atoms with E-state index in [2.05, 4.69) is 37.2 Å². The quantitative estimate of drug-likeness (QED) is 0.769. The van der Waals surface area contributed by atoms with Gasteiger partial charge in [0.2, 0.25) is 0 Å². The molecule has 0 bridgehead atoms. The zero-order valence-corrected chi connectivity index (χ0v) is 13.4. The number of hydrogen-bond donors (Lipinski definition) is 2. The van der Waals surface area contributed by atoms with Gasteiger partial charge in [0.1, 0.15) is 0 Å². The van der Waals surface area contributed by atoms with Gasteiger partial charge in [-0.3, -0.25) is 0 Å². The van der Waals surface area contributed by atoms with Crippen molar-refractivity contribution in [3.8, 4) is 0 Å². The number of carboxylic acid groups (broad SMARTS) is 1. The summed E-state index contributed by atoms with van der Waals surface area (Å²) in [5.74, 6) is -1.77. The molecule has 7 heteroatoms. The first kappa shape index (κ1) is 14.5. The molecule has 0 unspecified atom stereocenters. The Balaban J connectivity index is 2.17. The zero-order chi connectivity index (χ0) is 14.0. The lowest BCUT2D eigenvalue weighted by atomic mass is 10.2. The topological polar surface area (TPSA) is 49.3 Å². The van der Waals surface area contributed by atoms with Crippen LogP contribution in [0.3, 0.4) is 0 Å². The standard InChI is InChI=1S/C12H8Br2FNO2S/c13-6-3-7(19-5-6)4-16-9-2-1-8(12(17)18)10(14)11(9)15/h1-3,5,16H,4H2,(H,17,18). The van der Waals surface area contributed by atoms with E-state index < -0.39 is 11.8 Å². The fourth-order valence-corrected chi connectivity index (χ4v) is 3.39. The van der Waals surface area contributed by atoms with Crippen LogP contribution in [0.15, 0.2) is 32.5 Å². The Morgan fingerprint density at radius 1 is 1.42 bits per heavy atom. The molecule has 0 saturated carbocycles. The lowest BCUT2D eigenvalue weighted by molar-refractivity contribution is 0.0695. The normalized spacial score (nSPS) is 10.5. The SMILES string of the molecule is O=C(O)c1ccc(NCc2cc(Br)cs2)c(F)c1Br. The van der Waals surface area contributed by atoms with E-state index in [-0.39, 0.29) is 15.7 Å². The van der Waals surface area contributed by atoms with E-state index in [1.807, 2.05) is 11.4 Å². The van der Waals surface area contributed by atoms with Gasteiger partial charge in [0.15, 0.2) is 5.82 Å². The summed E-state index contributed by atoms with van der Waals surface area (Å²) >= 11 is 7.86. The van der Waals surface area contributed by atoms with Gasteiger partial charge in [-0.2, -0.15) is 0 Å². The van der Waals surface area contributed by atoms with Gasteiger partial charge in [0.05, 0.1) is 15.7 Å². The number of thiophene rings is 1. The first-order valence-corrected chi connectivity index (χ1v) is 7.63. The van der Waals surface area contributed by atoms with Crippen LogP contribution in [0.2, 0.25) is 0 Å². The van der Waals surface area contributed by atoms with Crippen LogP contribution >= 0.6 is 43.2 Å². The highest BCUT2D eigenvalue weighted by Gasteiger charge is 2.15. The van der Waals surface area contributed by atoms with Crippen molar-refractivity contribution >= 4 is 54.9 Å². The Kier molecular flexibility index (Phi) is 4.59. The molecule has 0 saturated heterocycles. The zero-order valence-electron chi connectivity index (χ0n) is 9.41. The summed E-state index contributed by atoms with van der Waals surface area (Å²) in [5.41, 5.74) is 0.170. The van der Waals surface area contributed by atoms with Crippen molar-refractivity contribution in [1.29, 1.82) is 0 Å². The van der Waals surface area contributed by atoms with Crippen molar-refractivity contribution in [3.05, 3.63) is 48.8 Å². The lowest BCUT2D eigenvalue weighted by Gasteiger charge is -2.09. The minimum Gasteiger partial charge on any atom is -0.478 e. The van der Waals surface area contributed by atoms with Crippen LogP contribution in [0, 0.1) is 5.82 Å². The van der Waals surface area contributed by atoms with Crippen molar-refractivity contribution in [2.75, 3.05) is 5.32 Å². The van der Waals surface area contributed by atoms with Crippen molar-refractivity contribution < 1.29 is 14.3 Å². The molecule has 19 heavy (non-hydrogen) atoms. The van der Waals surface area contributed by atoms with Crippen LogP contribution in [0.4, 0.5) is 10.1 Å². The minimum atomic E-state index is -1.17. The van der Waals surface area contributed by atoms with E-state index in [1.54, 1.807) is 11.3 Å². The highest BCUT2D eigenvalue weighted by Crippen LogP contribution is 2.28. The van der Waals surface area contributed by atoms with Crippen molar-refractivity contribution in [3.63, 3.8) is 0 Å². The molecule has 3 nitrogen and oxygen atoms in total. The molecule has 0 aliphatic heterocycles. The molecule has 1 aromatic carbocycles. The number of nitrogens with one attached hydrogen (secondary N) is 1. The summed E-state index contributed by atoms with van der Waals surface area (Å²) in [4.78, 5) is 11.9. The molecular weight excluding hydrogens is 401 g/mol. The number of rotatable bonds is 4. The van der Waals surface area contributed by atoms with Crippen molar-refractivity contribution in [2.45, 2.75) is 6.54 Å². The van der Waals surface area contributed by atoms with Crippen LogP contribution in [-0.4, -0.2) is 11.1 Å². The lowest BCUT2D eigenvalue weighted by Crippen LogP contribution is -2.04. The molecule has 0 amide bonds. The van der Waals surface area contributed by atoms with Gasteiger partial charge in [-0.05, 0) is 50.1 Å². The summed E-state index contributed by atoms with van der Waals surface area (Å²) in [5, 5.41) is 13.8. The predicted molar refractivity (Wildman–Crippen MR) is 80.4 cm³/mol. The Morgan fingerprint density at radius 2 is 2.16 bits per heavy atom. The molecule has 1 heterocycles. The van der Waals surface area contributed by atoms with Gasteiger partial charge in [-0.15, -0.1) is 11.3 Å². The van der Waals surface area contributed by atoms with Gasteiger partial charge in [-0.1, -0.05) is 0 Å². The molecule has 0 radical (unpaired) electrons. The summed E-state index contributed by atoms with van der Waals surface area (Å²) < 4.78 is 14.9. The Hall–Kier alpha value is -0.920. The molecule has 100 valence electrons. The molecule has 2 N–H and O–H groups in total. The highest BCUT2D eigenvalue weighted by atomic mass is 79.9. The number of aromatic carboxylic acids is 1. The van der Waals surface area contributed by atoms with Crippen molar-refractivity contribution in [1.82, 2.24) is 0 Å². The Bertz CT molecular complexity index is 630. The van der Waals surface area contributed by atoms with Crippen LogP contribution in [-0.2, 0) is 6.54 Å². The maximum atomic E-state index is 14.0. The molecule has 1 aromatic heterocycles. The third-order valence-corrected chi connectivity index (χ3v) is 4.86. The van der Waals surface area contributed by atoms with E-state index >= 15 is 0 Å². The maximum Gasteiger partial charge on any atom is 0.336 e. The number of anilines is 1. The van der Waals surface area contributed by atoms with Gasteiger partial charge in [0.25, 0.3) is 0 Å². The van der Waals surface area contributed by atoms with Crippen LogP contribution < -0.4 is 5.32 Å². The van der Waals surface area contributed by atoms with E-state index in [4.69, 9.17) is 5.11 Å². The summed E-state index contributed by atoms with van der Waals surface area (Å²) in [6.45, 7) is 0.478. The largest absolute Gasteiger partial charge is 0.478 e. The smallest absolute Gasteiger partial charge is 0.336 e. The summed E-state index contributed by atoms with van der Waals surface area (Å²) in [6, 6.07) is 4.73. The third kappa shape index (κ3) is 3.34. The van der Waals surface area contributed by atoms with E-state index in [1.165, 1.54) is 12.1 Å². The number of halogens is 3. The monoisotopic (exact) mass is 407 g/mol. The maximum absolute atomic E-state index is 14.0. The van der Waals surface area contributed by atoms with Gasteiger partial charge >= 0.3 is 5.97 Å². The molecule has 0 fully saturated rings. The van der Waals surface area contributed by atoms with Crippen molar-refractivity contribution in [2.24, 2.45) is 0 Å².